The summed E-state index contributed by atoms with van der Waals surface area (Å²) >= 11 is 5.92. The summed E-state index contributed by atoms with van der Waals surface area (Å²) in [5.41, 5.74) is 1.76. The Morgan fingerprint density at radius 3 is 3.11 bits per heavy atom. The van der Waals surface area contributed by atoms with Crippen LogP contribution in [0.15, 0.2) is 18.2 Å². The maximum Gasteiger partial charge on any atom is 0.238 e. The van der Waals surface area contributed by atoms with Gasteiger partial charge in [-0.05, 0) is 37.5 Å². The van der Waals surface area contributed by atoms with Crippen LogP contribution in [0.4, 0.5) is 5.69 Å². The molecule has 1 fully saturated rings. The molecule has 0 radical (unpaired) electrons. The van der Waals surface area contributed by atoms with Gasteiger partial charge in [0, 0.05) is 23.4 Å². The van der Waals surface area contributed by atoms with E-state index < -0.39 is 0 Å². The minimum atomic E-state index is -0.0593. The molecule has 1 unspecified atom stereocenters. The van der Waals surface area contributed by atoms with Gasteiger partial charge in [-0.1, -0.05) is 17.7 Å². The summed E-state index contributed by atoms with van der Waals surface area (Å²) in [5.74, 6) is -0.0593. The lowest BCUT2D eigenvalue weighted by molar-refractivity contribution is -0.115. The number of anilines is 1. The highest BCUT2D eigenvalue weighted by molar-refractivity contribution is 6.31. The molecular formula is C14H19ClN2O2. The van der Waals surface area contributed by atoms with Crippen molar-refractivity contribution in [1.82, 2.24) is 5.32 Å². The smallest absolute Gasteiger partial charge is 0.238 e. The first-order chi connectivity index (χ1) is 9.15. The zero-order valence-electron chi connectivity index (χ0n) is 11.0. The van der Waals surface area contributed by atoms with E-state index in [1.54, 1.807) is 6.07 Å². The molecule has 0 aliphatic carbocycles. The van der Waals surface area contributed by atoms with E-state index in [1.807, 2.05) is 19.1 Å². The minimum Gasteiger partial charge on any atom is -0.380 e. The number of carbonyl (C=O) groups is 1. The van der Waals surface area contributed by atoms with Gasteiger partial charge in [-0.15, -0.1) is 0 Å². The van der Waals surface area contributed by atoms with Crippen molar-refractivity contribution in [2.24, 2.45) is 0 Å². The van der Waals surface area contributed by atoms with Crippen molar-refractivity contribution in [3.8, 4) is 0 Å². The average Bonchev–Trinajstić information content (AvgIpc) is 2.42. The first kappa shape index (κ1) is 14.3. The van der Waals surface area contributed by atoms with Gasteiger partial charge in [0.25, 0.3) is 0 Å². The van der Waals surface area contributed by atoms with Gasteiger partial charge in [0.2, 0.25) is 5.91 Å². The van der Waals surface area contributed by atoms with E-state index in [0.29, 0.717) is 18.2 Å². The van der Waals surface area contributed by atoms with Crippen LogP contribution in [0.2, 0.25) is 5.02 Å². The van der Waals surface area contributed by atoms with Gasteiger partial charge < -0.3 is 15.4 Å². The Labute approximate surface area is 118 Å². The largest absolute Gasteiger partial charge is 0.380 e. The fraction of sp³-hybridized carbons (Fsp3) is 0.500. The van der Waals surface area contributed by atoms with E-state index >= 15 is 0 Å². The van der Waals surface area contributed by atoms with Gasteiger partial charge in [-0.25, -0.2) is 0 Å². The third-order valence-electron chi connectivity index (χ3n) is 3.19. The quantitative estimate of drug-likeness (QED) is 0.891. The Hall–Kier alpha value is -1.10. The molecule has 5 heteroatoms. The highest BCUT2D eigenvalue weighted by Crippen LogP contribution is 2.19. The van der Waals surface area contributed by atoms with Crippen molar-refractivity contribution in [3.63, 3.8) is 0 Å². The highest BCUT2D eigenvalue weighted by atomic mass is 35.5. The number of carbonyl (C=O) groups excluding carboxylic acids is 1. The lowest BCUT2D eigenvalue weighted by atomic mass is 10.1. The Balaban J connectivity index is 1.81. The average molecular weight is 283 g/mol. The van der Waals surface area contributed by atoms with E-state index in [0.717, 1.165) is 30.7 Å². The number of nitrogens with one attached hydrogen (secondary N) is 2. The molecule has 1 atom stereocenters. The Bertz CT molecular complexity index is 445. The lowest BCUT2D eigenvalue weighted by Gasteiger charge is -2.23. The monoisotopic (exact) mass is 282 g/mol. The number of rotatable bonds is 4. The molecule has 0 saturated carbocycles. The van der Waals surface area contributed by atoms with E-state index in [9.17, 15) is 4.79 Å². The van der Waals surface area contributed by atoms with E-state index in [-0.39, 0.29) is 11.9 Å². The predicted molar refractivity (Wildman–Crippen MR) is 76.7 cm³/mol. The number of benzene rings is 1. The van der Waals surface area contributed by atoms with Crippen LogP contribution < -0.4 is 10.6 Å². The van der Waals surface area contributed by atoms with Crippen LogP contribution in [0.1, 0.15) is 18.4 Å². The molecule has 0 aromatic heterocycles. The van der Waals surface area contributed by atoms with Gasteiger partial charge in [-0.2, -0.15) is 0 Å². The molecule has 1 aliphatic rings. The number of ether oxygens (including phenoxy) is 1. The molecule has 0 bridgehead atoms. The Morgan fingerprint density at radius 1 is 1.53 bits per heavy atom. The molecule has 1 aliphatic heterocycles. The predicted octanol–water partition coefficient (Wildman–Crippen LogP) is 2.36. The first-order valence-electron chi connectivity index (χ1n) is 6.52. The van der Waals surface area contributed by atoms with Gasteiger partial charge in [-0.3, -0.25) is 4.79 Å². The van der Waals surface area contributed by atoms with Crippen LogP contribution in [0, 0.1) is 6.92 Å². The van der Waals surface area contributed by atoms with E-state index in [4.69, 9.17) is 16.3 Å². The van der Waals surface area contributed by atoms with Crippen LogP contribution >= 0.6 is 11.6 Å². The lowest BCUT2D eigenvalue weighted by Crippen LogP contribution is -2.41. The number of amides is 1. The SMILES string of the molecule is Cc1ccc(Cl)cc1NC(=O)CNC1CCCOC1. The Kier molecular flexibility index (Phi) is 5.19. The highest BCUT2D eigenvalue weighted by Gasteiger charge is 2.14. The molecule has 19 heavy (non-hydrogen) atoms. The second kappa shape index (κ2) is 6.89. The number of hydrogen-bond donors (Lipinski definition) is 2. The van der Waals surface area contributed by atoms with Gasteiger partial charge >= 0.3 is 0 Å². The second-order valence-corrected chi connectivity index (χ2v) is 5.24. The van der Waals surface area contributed by atoms with Crippen molar-refractivity contribution in [2.45, 2.75) is 25.8 Å². The van der Waals surface area contributed by atoms with Crippen molar-refractivity contribution in [1.29, 1.82) is 0 Å². The van der Waals surface area contributed by atoms with Crippen molar-refractivity contribution in [2.75, 3.05) is 25.1 Å². The third-order valence-corrected chi connectivity index (χ3v) is 3.42. The molecule has 1 amide bonds. The third kappa shape index (κ3) is 4.49. The molecule has 2 rings (SSSR count). The normalized spacial score (nSPS) is 19.2. The summed E-state index contributed by atoms with van der Waals surface area (Å²) in [6, 6.07) is 5.74. The standard InChI is InChI=1S/C14H19ClN2O2/c1-10-4-5-11(15)7-13(10)17-14(18)8-16-12-3-2-6-19-9-12/h4-5,7,12,16H,2-3,6,8-9H2,1H3,(H,17,18). The number of aryl methyl sites for hydroxylation is 1. The molecule has 2 N–H and O–H groups in total. The zero-order chi connectivity index (χ0) is 13.7. The molecule has 1 heterocycles. The second-order valence-electron chi connectivity index (χ2n) is 4.80. The van der Waals surface area contributed by atoms with E-state index in [1.165, 1.54) is 0 Å². The molecule has 1 saturated heterocycles. The van der Waals surface area contributed by atoms with E-state index in [2.05, 4.69) is 10.6 Å². The molecule has 104 valence electrons. The molecule has 1 aromatic rings. The maximum atomic E-state index is 11.9. The van der Waals surface area contributed by atoms with Crippen molar-refractivity contribution >= 4 is 23.2 Å². The molecule has 0 spiro atoms. The fourth-order valence-corrected chi connectivity index (χ4v) is 2.23. The zero-order valence-corrected chi connectivity index (χ0v) is 11.8. The van der Waals surface area contributed by atoms with Crippen LogP contribution in [-0.2, 0) is 9.53 Å². The Morgan fingerprint density at radius 2 is 2.37 bits per heavy atom. The molecule has 4 nitrogen and oxygen atoms in total. The summed E-state index contributed by atoms with van der Waals surface area (Å²) in [4.78, 5) is 11.9. The van der Waals surface area contributed by atoms with Crippen LogP contribution in [-0.4, -0.2) is 31.7 Å². The van der Waals surface area contributed by atoms with Crippen molar-refractivity contribution in [3.05, 3.63) is 28.8 Å². The minimum absolute atomic E-state index is 0.0593. The molecule has 1 aromatic carbocycles. The van der Waals surface area contributed by atoms with Gasteiger partial charge in [0.05, 0.1) is 13.2 Å². The summed E-state index contributed by atoms with van der Waals surface area (Å²) in [6.45, 7) is 3.74. The fourth-order valence-electron chi connectivity index (χ4n) is 2.06. The number of hydrogen-bond acceptors (Lipinski definition) is 3. The summed E-state index contributed by atoms with van der Waals surface area (Å²) < 4.78 is 5.36. The summed E-state index contributed by atoms with van der Waals surface area (Å²) in [7, 11) is 0. The van der Waals surface area contributed by atoms with Crippen molar-refractivity contribution < 1.29 is 9.53 Å². The summed E-state index contributed by atoms with van der Waals surface area (Å²) in [6.07, 6.45) is 2.11. The van der Waals surface area contributed by atoms with Crippen LogP contribution in [0.3, 0.4) is 0 Å². The number of halogens is 1. The van der Waals surface area contributed by atoms with Crippen LogP contribution in [0.25, 0.3) is 0 Å². The van der Waals surface area contributed by atoms with Gasteiger partial charge in [0.15, 0.2) is 0 Å². The molecular weight excluding hydrogens is 264 g/mol. The maximum absolute atomic E-state index is 11.9. The van der Waals surface area contributed by atoms with Crippen LogP contribution in [0.5, 0.6) is 0 Å². The first-order valence-corrected chi connectivity index (χ1v) is 6.90. The summed E-state index contributed by atoms with van der Waals surface area (Å²) in [5, 5.41) is 6.69. The topological polar surface area (TPSA) is 50.4 Å². The van der Waals surface area contributed by atoms with Gasteiger partial charge in [0.1, 0.15) is 0 Å².